The van der Waals surface area contributed by atoms with E-state index >= 15 is 0 Å². The van der Waals surface area contributed by atoms with Crippen molar-refractivity contribution in [2.24, 2.45) is 5.41 Å². The molecule has 0 aliphatic rings. The summed E-state index contributed by atoms with van der Waals surface area (Å²) in [5.74, 6) is 0. The number of hydrogen-bond acceptors (Lipinski definition) is 3. The van der Waals surface area contributed by atoms with Crippen molar-refractivity contribution in [1.82, 2.24) is 15.3 Å². The smallest absolute Gasteiger partial charge is 0.323 e. The number of aromatic nitrogens is 2. The lowest BCUT2D eigenvalue weighted by Crippen LogP contribution is -2.31. The SMILES string of the molecule is CC(NCC(C)(C)CCCO)c1ccc2[nH]c(=O)[nH]c2c1. The van der Waals surface area contributed by atoms with Gasteiger partial charge in [0.1, 0.15) is 0 Å². The summed E-state index contributed by atoms with van der Waals surface area (Å²) in [6.45, 7) is 7.66. The van der Waals surface area contributed by atoms with Crippen molar-refractivity contribution in [1.29, 1.82) is 0 Å². The Labute approximate surface area is 124 Å². The first kappa shape index (κ1) is 15.8. The Bertz CT molecular complexity index is 642. The fraction of sp³-hybridized carbons (Fsp3) is 0.562. The van der Waals surface area contributed by atoms with E-state index in [1.807, 2.05) is 18.2 Å². The van der Waals surface area contributed by atoms with E-state index in [0.717, 1.165) is 36.0 Å². The first-order valence-corrected chi connectivity index (χ1v) is 7.47. The molecule has 0 aliphatic carbocycles. The van der Waals surface area contributed by atoms with Gasteiger partial charge in [0.25, 0.3) is 0 Å². The zero-order valence-corrected chi connectivity index (χ0v) is 13.0. The highest BCUT2D eigenvalue weighted by Crippen LogP contribution is 2.23. The van der Waals surface area contributed by atoms with Gasteiger partial charge in [-0.05, 0) is 42.9 Å². The highest BCUT2D eigenvalue weighted by Gasteiger charge is 2.18. The largest absolute Gasteiger partial charge is 0.396 e. The Morgan fingerprint density at radius 2 is 2.00 bits per heavy atom. The Morgan fingerprint density at radius 3 is 2.71 bits per heavy atom. The fourth-order valence-corrected chi connectivity index (χ4v) is 2.51. The summed E-state index contributed by atoms with van der Waals surface area (Å²) in [6.07, 6.45) is 1.83. The van der Waals surface area contributed by atoms with Gasteiger partial charge in [-0.15, -0.1) is 0 Å². The van der Waals surface area contributed by atoms with Gasteiger partial charge in [0.15, 0.2) is 0 Å². The van der Waals surface area contributed by atoms with E-state index in [-0.39, 0.29) is 23.8 Å². The number of hydrogen-bond donors (Lipinski definition) is 4. The summed E-state index contributed by atoms with van der Waals surface area (Å²) in [6, 6.07) is 6.18. The van der Waals surface area contributed by atoms with Crippen LogP contribution in [0.3, 0.4) is 0 Å². The number of fused-ring (bicyclic) bond motifs is 1. The third-order valence-corrected chi connectivity index (χ3v) is 3.94. The van der Waals surface area contributed by atoms with Gasteiger partial charge in [-0.1, -0.05) is 19.9 Å². The Morgan fingerprint density at radius 1 is 1.29 bits per heavy atom. The van der Waals surface area contributed by atoms with Gasteiger partial charge in [-0.3, -0.25) is 0 Å². The highest BCUT2D eigenvalue weighted by atomic mass is 16.2. The van der Waals surface area contributed by atoms with Gasteiger partial charge in [-0.25, -0.2) is 4.79 Å². The van der Waals surface area contributed by atoms with Gasteiger partial charge >= 0.3 is 5.69 Å². The topological polar surface area (TPSA) is 80.9 Å². The minimum absolute atomic E-state index is 0.156. The van der Waals surface area contributed by atoms with Crippen molar-refractivity contribution in [2.45, 2.75) is 39.7 Å². The Kier molecular flexibility index (Phi) is 4.85. The molecule has 116 valence electrons. The van der Waals surface area contributed by atoms with Crippen LogP contribution in [0, 0.1) is 5.41 Å². The first-order chi connectivity index (χ1) is 9.91. The van der Waals surface area contributed by atoms with Crippen LogP contribution in [0.4, 0.5) is 0 Å². The maximum absolute atomic E-state index is 11.3. The summed E-state index contributed by atoms with van der Waals surface area (Å²) < 4.78 is 0. The summed E-state index contributed by atoms with van der Waals surface area (Å²) in [5, 5.41) is 12.5. The number of aromatic amines is 2. The van der Waals surface area contributed by atoms with E-state index in [4.69, 9.17) is 5.11 Å². The molecule has 4 N–H and O–H groups in total. The molecule has 0 saturated carbocycles. The average Bonchev–Trinajstić information content (AvgIpc) is 2.81. The van der Waals surface area contributed by atoms with Gasteiger partial charge < -0.3 is 20.4 Å². The number of H-pyrrole nitrogens is 2. The molecule has 2 aromatic rings. The van der Waals surface area contributed by atoms with Crippen LogP contribution in [0.15, 0.2) is 23.0 Å². The van der Waals surface area contributed by atoms with Crippen LogP contribution in [0.2, 0.25) is 0 Å². The lowest BCUT2D eigenvalue weighted by Gasteiger charge is -2.27. The molecule has 21 heavy (non-hydrogen) atoms. The zero-order valence-electron chi connectivity index (χ0n) is 13.0. The molecule has 1 heterocycles. The Balaban J connectivity index is 2.01. The summed E-state index contributed by atoms with van der Waals surface area (Å²) >= 11 is 0. The van der Waals surface area contributed by atoms with Gasteiger partial charge in [0, 0.05) is 19.2 Å². The number of aliphatic hydroxyl groups excluding tert-OH is 1. The molecule has 0 spiro atoms. The van der Waals surface area contributed by atoms with Crippen molar-refractivity contribution in [3.05, 3.63) is 34.2 Å². The van der Waals surface area contributed by atoms with E-state index in [9.17, 15) is 4.79 Å². The molecule has 2 rings (SSSR count). The molecule has 1 unspecified atom stereocenters. The molecule has 0 fully saturated rings. The van der Waals surface area contributed by atoms with Crippen molar-refractivity contribution >= 4 is 11.0 Å². The third kappa shape index (κ3) is 4.19. The highest BCUT2D eigenvalue weighted by molar-refractivity contribution is 5.75. The summed E-state index contributed by atoms with van der Waals surface area (Å²) in [5.41, 5.74) is 2.80. The average molecular weight is 291 g/mol. The molecule has 0 saturated heterocycles. The monoisotopic (exact) mass is 291 g/mol. The molecule has 1 aromatic carbocycles. The lowest BCUT2D eigenvalue weighted by molar-refractivity contribution is 0.233. The first-order valence-electron chi connectivity index (χ1n) is 7.47. The lowest BCUT2D eigenvalue weighted by atomic mass is 9.87. The van der Waals surface area contributed by atoms with Gasteiger partial charge in [0.05, 0.1) is 11.0 Å². The van der Waals surface area contributed by atoms with E-state index in [1.165, 1.54) is 0 Å². The van der Waals surface area contributed by atoms with Gasteiger partial charge in [-0.2, -0.15) is 0 Å². The maximum atomic E-state index is 11.3. The van der Waals surface area contributed by atoms with Crippen LogP contribution in [-0.2, 0) is 0 Å². The number of nitrogens with one attached hydrogen (secondary N) is 3. The van der Waals surface area contributed by atoms with Crippen LogP contribution in [0.1, 0.15) is 45.2 Å². The van der Waals surface area contributed by atoms with E-state index in [1.54, 1.807) is 0 Å². The number of rotatable bonds is 7. The van der Waals surface area contributed by atoms with Crippen LogP contribution in [0.25, 0.3) is 11.0 Å². The van der Waals surface area contributed by atoms with Crippen LogP contribution >= 0.6 is 0 Å². The molecule has 1 atom stereocenters. The van der Waals surface area contributed by atoms with Crippen molar-refractivity contribution in [3.63, 3.8) is 0 Å². The minimum atomic E-state index is -0.173. The van der Waals surface area contributed by atoms with Crippen molar-refractivity contribution in [2.75, 3.05) is 13.2 Å². The molecular formula is C16H25N3O2. The summed E-state index contributed by atoms with van der Waals surface area (Å²) in [4.78, 5) is 16.8. The standard InChI is InChI=1S/C16H25N3O2/c1-11(17-10-16(2,3)7-4-8-20)12-5-6-13-14(9-12)19-15(21)18-13/h5-6,9,11,17,20H,4,7-8,10H2,1-3H3,(H2,18,19,21). The number of benzene rings is 1. The van der Waals surface area contributed by atoms with Gasteiger partial charge in [0.2, 0.25) is 0 Å². The minimum Gasteiger partial charge on any atom is -0.396 e. The maximum Gasteiger partial charge on any atom is 0.323 e. The second-order valence-corrected chi connectivity index (χ2v) is 6.48. The molecule has 0 radical (unpaired) electrons. The summed E-state index contributed by atoms with van der Waals surface area (Å²) in [7, 11) is 0. The van der Waals surface area contributed by atoms with Crippen molar-refractivity contribution < 1.29 is 5.11 Å². The molecule has 5 heteroatoms. The second kappa shape index (κ2) is 6.45. The molecule has 0 bridgehead atoms. The number of aliphatic hydroxyl groups is 1. The van der Waals surface area contributed by atoms with E-state index in [0.29, 0.717) is 0 Å². The second-order valence-electron chi connectivity index (χ2n) is 6.48. The van der Waals surface area contributed by atoms with Crippen molar-refractivity contribution in [3.8, 4) is 0 Å². The van der Waals surface area contributed by atoms with Crippen LogP contribution in [-0.4, -0.2) is 28.2 Å². The third-order valence-electron chi connectivity index (χ3n) is 3.94. The predicted octanol–water partition coefficient (Wildman–Crippen LogP) is 2.31. The fourth-order valence-electron chi connectivity index (χ4n) is 2.51. The number of imidazole rings is 1. The molecule has 5 nitrogen and oxygen atoms in total. The normalized spacial score (nSPS) is 13.7. The Hall–Kier alpha value is -1.59. The molecule has 0 amide bonds. The van der Waals surface area contributed by atoms with E-state index in [2.05, 4.69) is 36.1 Å². The molecule has 1 aromatic heterocycles. The molecule has 0 aliphatic heterocycles. The molecular weight excluding hydrogens is 266 g/mol. The predicted molar refractivity (Wildman–Crippen MR) is 85.4 cm³/mol. The zero-order chi connectivity index (χ0) is 15.5. The quantitative estimate of drug-likeness (QED) is 0.632. The van der Waals surface area contributed by atoms with Crippen LogP contribution < -0.4 is 11.0 Å². The van der Waals surface area contributed by atoms with Crippen LogP contribution in [0.5, 0.6) is 0 Å². The van der Waals surface area contributed by atoms with E-state index < -0.39 is 0 Å².